The Morgan fingerprint density at radius 3 is 2.45 bits per heavy atom. The highest BCUT2D eigenvalue weighted by Crippen LogP contribution is 2.22. The van der Waals surface area contributed by atoms with Gasteiger partial charge < -0.3 is 10.5 Å². The molecule has 2 rings (SSSR count). The number of aryl methyl sites for hydroxylation is 1. The molecule has 0 aliphatic heterocycles. The van der Waals surface area contributed by atoms with Crippen molar-refractivity contribution < 1.29 is 4.74 Å². The summed E-state index contributed by atoms with van der Waals surface area (Å²) in [6.45, 7) is 6.12. The van der Waals surface area contributed by atoms with Gasteiger partial charge in [-0.15, -0.1) is 0 Å². The standard InChI is InChI=1S/C16H21N3O/c1-4-5-16-18-14(10-15(17)19-16)12-6-8-13(9-7-12)20-11(2)3/h6-11H,4-5H2,1-3H3,(H2,17,18,19). The summed E-state index contributed by atoms with van der Waals surface area (Å²) in [5, 5.41) is 0. The maximum Gasteiger partial charge on any atom is 0.131 e. The first-order valence-electron chi connectivity index (χ1n) is 6.99. The Morgan fingerprint density at radius 1 is 1.15 bits per heavy atom. The Bertz CT molecular complexity index is 564. The molecule has 0 aliphatic rings. The Balaban J connectivity index is 2.26. The van der Waals surface area contributed by atoms with E-state index < -0.39 is 0 Å². The SMILES string of the molecule is CCCc1nc(N)cc(-c2ccc(OC(C)C)cc2)n1. The quantitative estimate of drug-likeness (QED) is 0.904. The molecule has 20 heavy (non-hydrogen) atoms. The van der Waals surface area contributed by atoms with Crippen molar-refractivity contribution in [2.24, 2.45) is 0 Å². The summed E-state index contributed by atoms with van der Waals surface area (Å²) in [6.07, 6.45) is 2.02. The number of hydrogen-bond donors (Lipinski definition) is 1. The monoisotopic (exact) mass is 271 g/mol. The predicted molar refractivity (Wildman–Crippen MR) is 81.6 cm³/mol. The molecule has 0 saturated heterocycles. The lowest BCUT2D eigenvalue weighted by Gasteiger charge is -2.10. The van der Waals surface area contributed by atoms with Crippen LogP contribution in [0, 0.1) is 0 Å². The van der Waals surface area contributed by atoms with Gasteiger partial charge in [-0.1, -0.05) is 6.92 Å². The second-order valence-electron chi connectivity index (χ2n) is 5.04. The molecule has 106 valence electrons. The Hall–Kier alpha value is -2.10. The number of nitrogens with zero attached hydrogens (tertiary/aromatic N) is 2. The molecule has 4 heteroatoms. The summed E-state index contributed by atoms with van der Waals surface area (Å²) in [7, 11) is 0. The topological polar surface area (TPSA) is 61.0 Å². The molecule has 0 atom stereocenters. The molecular weight excluding hydrogens is 250 g/mol. The molecule has 2 N–H and O–H groups in total. The third-order valence-corrected chi connectivity index (χ3v) is 2.79. The summed E-state index contributed by atoms with van der Waals surface area (Å²) < 4.78 is 5.63. The van der Waals surface area contributed by atoms with Gasteiger partial charge in [0.15, 0.2) is 0 Å². The molecule has 0 spiro atoms. The smallest absolute Gasteiger partial charge is 0.131 e. The lowest BCUT2D eigenvalue weighted by Crippen LogP contribution is -2.05. The normalized spacial score (nSPS) is 10.8. The van der Waals surface area contributed by atoms with Crippen LogP contribution in [0.1, 0.15) is 33.0 Å². The van der Waals surface area contributed by atoms with Crippen molar-refractivity contribution >= 4 is 5.82 Å². The fraction of sp³-hybridized carbons (Fsp3) is 0.375. The third-order valence-electron chi connectivity index (χ3n) is 2.79. The van der Waals surface area contributed by atoms with Crippen molar-refractivity contribution in [2.45, 2.75) is 39.7 Å². The molecule has 0 aliphatic carbocycles. The number of ether oxygens (including phenoxy) is 1. The van der Waals surface area contributed by atoms with Crippen LogP contribution in [0.3, 0.4) is 0 Å². The van der Waals surface area contributed by atoms with E-state index in [1.54, 1.807) is 6.07 Å². The van der Waals surface area contributed by atoms with Gasteiger partial charge in [0.25, 0.3) is 0 Å². The molecule has 1 aromatic carbocycles. The van der Waals surface area contributed by atoms with Crippen molar-refractivity contribution in [3.63, 3.8) is 0 Å². The first kappa shape index (κ1) is 14.3. The lowest BCUT2D eigenvalue weighted by molar-refractivity contribution is 0.242. The van der Waals surface area contributed by atoms with Gasteiger partial charge in [-0.25, -0.2) is 9.97 Å². The number of benzene rings is 1. The summed E-state index contributed by atoms with van der Waals surface area (Å²) in [6, 6.07) is 9.70. The fourth-order valence-corrected chi connectivity index (χ4v) is 1.98. The van der Waals surface area contributed by atoms with E-state index in [-0.39, 0.29) is 6.10 Å². The van der Waals surface area contributed by atoms with E-state index in [0.717, 1.165) is 35.7 Å². The molecule has 0 saturated carbocycles. The molecule has 0 amide bonds. The highest BCUT2D eigenvalue weighted by Gasteiger charge is 2.05. The summed E-state index contributed by atoms with van der Waals surface area (Å²) in [5.41, 5.74) is 7.73. The number of aromatic nitrogens is 2. The van der Waals surface area contributed by atoms with Crippen LogP contribution in [0.2, 0.25) is 0 Å². The zero-order valence-corrected chi connectivity index (χ0v) is 12.3. The van der Waals surface area contributed by atoms with Crippen LogP contribution in [0.15, 0.2) is 30.3 Å². The van der Waals surface area contributed by atoms with E-state index in [1.165, 1.54) is 0 Å². The van der Waals surface area contributed by atoms with Crippen LogP contribution in [0.25, 0.3) is 11.3 Å². The maximum atomic E-state index is 5.85. The second-order valence-corrected chi connectivity index (χ2v) is 5.04. The first-order chi connectivity index (χ1) is 9.58. The van der Waals surface area contributed by atoms with Crippen molar-refractivity contribution in [1.82, 2.24) is 9.97 Å². The molecule has 0 radical (unpaired) electrons. The Kier molecular flexibility index (Phi) is 4.56. The molecule has 4 nitrogen and oxygen atoms in total. The third kappa shape index (κ3) is 3.70. The average molecular weight is 271 g/mol. The van der Waals surface area contributed by atoms with Gasteiger partial charge in [-0.2, -0.15) is 0 Å². The van der Waals surface area contributed by atoms with Crippen LogP contribution in [-0.4, -0.2) is 16.1 Å². The lowest BCUT2D eigenvalue weighted by atomic mass is 10.1. The molecule has 1 aromatic heterocycles. The Morgan fingerprint density at radius 2 is 1.85 bits per heavy atom. The highest BCUT2D eigenvalue weighted by atomic mass is 16.5. The predicted octanol–water partition coefficient (Wildman–Crippen LogP) is 3.47. The zero-order chi connectivity index (χ0) is 14.5. The number of anilines is 1. The van der Waals surface area contributed by atoms with Crippen LogP contribution in [-0.2, 0) is 6.42 Å². The van der Waals surface area contributed by atoms with Crippen LogP contribution in [0.5, 0.6) is 5.75 Å². The molecule has 0 bridgehead atoms. The minimum absolute atomic E-state index is 0.173. The molecule has 0 fully saturated rings. The fourth-order valence-electron chi connectivity index (χ4n) is 1.98. The highest BCUT2D eigenvalue weighted by molar-refractivity contribution is 5.62. The number of rotatable bonds is 5. The largest absolute Gasteiger partial charge is 0.491 e. The van der Waals surface area contributed by atoms with Crippen molar-refractivity contribution in [2.75, 3.05) is 5.73 Å². The second kappa shape index (κ2) is 6.37. The van der Waals surface area contributed by atoms with E-state index in [4.69, 9.17) is 10.5 Å². The van der Waals surface area contributed by atoms with Crippen LogP contribution in [0.4, 0.5) is 5.82 Å². The number of nitrogens with two attached hydrogens (primary N) is 1. The van der Waals surface area contributed by atoms with Crippen LogP contribution >= 0.6 is 0 Å². The van der Waals surface area contributed by atoms with Gasteiger partial charge in [0.2, 0.25) is 0 Å². The van der Waals surface area contributed by atoms with Gasteiger partial charge in [-0.3, -0.25) is 0 Å². The van der Waals surface area contributed by atoms with E-state index in [9.17, 15) is 0 Å². The minimum Gasteiger partial charge on any atom is -0.491 e. The number of hydrogen-bond acceptors (Lipinski definition) is 4. The van der Waals surface area contributed by atoms with Crippen molar-refractivity contribution in [3.8, 4) is 17.0 Å². The average Bonchev–Trinajstić information content (AvgIpc) is 2.38. The summed E-state index contributed by atoms with van der Waals surface area (Å²) >= 11 is 0. The Labute approximate surface area is 120 Å². The molecule has 0 unspecified atom stereocenters. The summed E-state index contributed by atoms with van der Waals surface area (Å²) in [4.78, 5) is 8.80. The van der Waals surface area contributed by atoms with Crippen molar-refractivity contribution in [1.29, 1.82) is 0 Å². The number of nitrogen functional groups attached to an aromatic ring is 1. The molecule has 1 heterocycles. The molecular formula is C16H21N3O. The summed E-state index contributed by atoms with van der Waals surface area (Å²) in [5.74, 6) is 2.17. The first-order valence-corrected chi connectivity index (χ1v) is 6.99. The minimum atomic E-state index is 0.173. The van der Waals surface area contributed by atoms with Gasteiger partial charge >= 0.3 is 0 Å². The van der Waals surface area contributed by atoms with Gasteiger partial charge in [0.05, 0.1) is 11.8 Å². The molecule has 2 aromatic rings. The van der Waals surface area contributed by atoms with Gasteiger partial charge in [0.1, 0.15) is 17.4 Å². The van der Waals surface area contributed by atoms with Gasteiger partial charge in [-0.05, 0) is 44.5 Å². The van der Waals surface area contributed by atoms with Crippen LogP contribution < -0.4 is 10.5 Å². The van der Waals surface area contributed by atoms with E-state index >= 15 is 0 Å². The zero-order valence-electron chi connectivity index (χ0n) is 12.3. The van der Waals surface area contributed by atoms with E-state index in [1.807, 2.05) is 38.1 Å². The van der Waals surface area contributed by atoms with E-state index in [2.05, 4.69) is 16.9 Å². The van der Waals surface area contributed by atoms with E-state index in [0.29, 0.717) is 5.82 Å². The van der Waals surface area contributed by atoms with Gasteiger partial charge in [0, 0.05) is 18.1 Å². The maximum absolute atomic E-state index is 5.85. The van der Waals surface area contributed by atoms with Crippen molar-refractivity contribution in [3.05, 3.63) is 36.2 Å².